The zero-order valence-corrected chi connectivity index (χ0v) is 7.14. The van der Waals surface area contributed by atoms with Crippen molar-refractivity contribution in [2.24, 2.45) is 5.92 Å². The monoisotopic (exact) mass is 163 g/mol. The zero-order valence-electron chi connectivity index (χ0n) is 7.14. The summed E-state index contributed by atoms with van der Waals surface area (Å²) in [6.45, 7) is 2.09. The van der Waals surface area contributed by atoms with Crippen LogP contribution in [-0.4, -0.2) is 16.2 Å². The maximum atomic E-state index is 9.33. The van der Waals surface area contributed by atoms with Gasteiger partial charge in [-0.15, -0.1) is 0 Å². The van der Waals surface area contributed by atoms with E-state index in [4.69, 9.17) is 0 Å². The van der Waals surface area contributed by atoms with Crippen molar-refractivity contribution in [1.29, 1.82) is 0 Å². The number of nitrogens with zero attached hydrogens (tertiary/aromatic N) is 1. The molecule has 1 aliphatic carbocycles. The normalized spacial score (nSPS) is 34.3. The Morgan fingerprint density at radius 3 is 2.92 bits per heavy atom. The smallest absolute Gasteiger partial charge is 0.0577 e. The molecule has 0 bridgehead atoms. The molecule has 1 saturated carbocycles. The Balaban J connectivity index is 2.13. The van der Waals surface area contributed by atoms with Crippen LogP contribution in [0, 0.1) is 5.92 Å². The third-order valence-corrected chi connectivity index (χ3v) is 2.85. The van der Waals surface area contributed by atoms with Gasteiger partial charge in [-0.2, -0.15) is 0 Å². The number of rotatable bonds is 1. The third kappa shape index (κ3) is 1.12. The first-order chi connectivity index (χ1) is 5.79. The molecule has 3 atom stereocenters. The van der Waals surface area contributed by atoms with Crippen molar-refractivity contribution >= 4 is 0 Å². The van der Waals surface area contributed by atoms with Gasteiger partial charge in [0.25, 0.3) is 0 Å². The maximum absolute atomic E-state index is 9.33. The molecule has 2 heteroatoms. The topological polar surface area (TPSA) is 33.1 Å². The lowest BCUT2D eigenvalue weighted by Crippen LogP contribution is -2.37. The van der Waals surface area contributed by atoms with Gasteiger partial charge < -0.3 is 5.11 Å². The fraction of sp³-hybridized carbons (Fsp3) is 0.500. The summed E-state index contributed by atoms with van der Waals surface area (Å²) in [5, 5.41) is 9.33. The van der Waals surface area contributed by atoms with Crippen molar-refractivity contribution in [1.82, 2.24) is 4.98 Å². The standard InChI is InChI=1S/C10H13NO/c1-7-9(5-10(7)12)8-3-2-4-11-6-8/h2-4,6-7,9-10,12H,5H2,1H3. The Morgan fingerprint density at radius 1 is 1.58 bits per heavy atom. The van der Waals surface area contributed by atoms with E-state index < -0.39 is 0 Å². The molecule has 0 spiro atoms. The molecule has 1 heterocycles. The molecule has 3 unspecified atom stereocenters. The molecule has 0 amide bonds. The van der Waals surface area contributed by atoms with Crippen LogP contribution >= 0.6 is 0 Å². The van der Waals surface area contributed by atoms with E-state index in [-0.39, 0.29) is 6.10 Å². The Hall–Kier alpha value is -0.890. The highest BCUT2D eigenvalue weighted by atomic mass is 16.3. The molecule has 0 radical (unpaired) electrons. The summed E-state index contributed by atoms with van der Waals surface area (Å²) in [5.74, 6) is 0.919. The summed E-state index contributed by atoms with van der Waals surface area (Å²) in [7, 11) is 0. The molecule has 1 fully saturated rings. The van der Waals surface area contributed by atoms with Crippen LogP contribution in [0.5, 0.6) is 0 Å². The van der Waals surface area contributed by atoms with Crippen LogP contribution < -0.4 is 0 Å². The van der Waals surface area contributed by atoms with E-state index in [2.05, 4.69) is 18.0 Å². The minimum atomic E-state index is -0.102. The molecule has 2 rings (SSSR count). The van der Waals surface area contributed by atoms with Crippen LogP contribution in [-0.2, 0) is 0 Å². The molecule has 1 aromatic heterocycles. The van der Waals surface area contributed by atoms with Crippen molar-refractivity contribution in [3.05, 3.63) is 30.1 Å². The van der Waals surface area contributed by atoms with E-state index >= 15 is 0 Å². The highest BCUT2D eigenvalue weighted by Crippen LogP contribution is 2.41. The maximum Gasteiger partial charge on any atom is 0.0577 e. The average molecular weight is 163 g/mol. The SMILES string of the molecule is CC1C(O)CC1c1cccnc1. The lowest BCUT2D eigenvalue weighted by Gasteiger charge is -2.39. The summed E-state index contributed by atoms with van der Waals surface area (Å²) >= 11 is 0. The largest absolute Gasteiger partial charge is 0.393 e. The molecule has 1 aromatic rings. The van der Waals surface area contributed by atoms with Gasteiger partial charge in [-0.05, 0) is 29.9 Å². The van der Waals surface area contributed by atoms with Crippen molar-refractivity contribution in [2.75, 3.05) is 0 Å². The van der Waals surface area contributed by atoms with Crippen LogP contribution in [0.4, 0.5) is 0 Å². The first-order valence-corrected chi connectivity index (χ1v) is 4.37. The lowest BCUT2D eigenvalue weighted by atomic mass is 9.69. The molecule has 0 saturated heterocycles. The predicted molar refractivity (Wildman–Crippen MR) is 46.8 cm³/mol. The second-order valence-corrected chi connectivity index (χ2v) is 3.56. The van der Waals surface area contributed by atoms with Crippen LogP contribution in [0.15, 0.2) is 24.5 Å². The van der Waals surface area contributed by atoms with Gasteiger partial charge in [0.15, 0.2) is 0 Å². The second-order valence-electron chi connectivity index (χ2n) is 3.56. The molecule has 12 heavy (non-hydrogen) atoms. The summed E-state index contributed by atoms with van der Waals surface area (Å²) in [4.78, 5) is 4.07. The van der Waals surface area contributed by atoms with Crippen LogP contribution in [0.1, 0.15) is 24.8 Å². The minimum absolute atomic E-state index is 0.102. The van der Waals surface area contributed by atoms with Crippen LogP contribution in [0.3, 0.4) is 0 Å². The first kappa shape index (κ1) is 7.74. The molecule has 2 nitrogen and oxygen atoms in total. The summed E-state index contributed by atoms with van der Waals surface area (Å²) in [6.07, 6.45) is 4.47. The van der Waals surface area contributed by atoms with Gasteiger partial charge in [0.2, 0.25) is 0 Å². The van der Waals surface area contributed by atoms with Crippen molar-refractivity contribution in [3.63, 3.8) is 0 Å². The Labute approximate surface area is 72.3 Å². The third-order valence-electron chi connectivity index (χ3n) is 2.85. The second kappa shape index (κ2) is 2.87. The Morgan fingerprint density at radius 2 is 2.42 bits per heavy atom. The molecule has 0 aliphatic heterocycles. The van der Waals surface area contributed by atoms with Crippen molar-refractivity contribution in [2.45, 2.75) is 25.4 Å². The average Bonchev–Trinajstić information content (AvgIpc) is 2.15. The van der Waals surface area contributed by atoms with E-state index in [1.807, 2.05) is 12.3 Å². The van der Waals surface area contributed by atoms with E-state index in [1.54, 1.807) is 6.20 Å². The number of hydrogen-bond donors (Lipinski definition) is 1. The van der Waals surface area contributed by atoms with Crippen LogP contribution in [0.2, 0.25) is 0 Å². The van der Waals surface area contributed by atoms with E-state index in [9.17, 15) is 5.11 Å². The fourth-order valence-corrected chi connectivity index (χ4v) is 1.80. The summed E-state index contributed by atoms with van der Waals surface area (Å²) < 4.78 is 0. The van der Waals surface area contributed by atoms with Gasteiger partial charge in [-0.3, -0.25) is 4.98 Å². The van der Waals surface area contributed by atoms with Gasteiger partial charge >= 0.3 is 0 Å². The van der Waals surface area contributed by atoms with Crippen LogP contribution in [0.25, 0.3) is 0 Å². The Kier molecular flexibility index (Phi) is 1.85. The highest BCUT2D eigenvalue weighted by molar-refractivity contribution is 5.19. The molecule has 0 aromatic carbocycles. The Bertz CT molecular complexity index is 260. The van der Waals surface area contributed by atoms with E-state index in [0.717, 1.165) is 6.42 Å². The molecule has 64 valence electrons. The zero-order chi connectivity index (χ0) is 8.55. The van der Waals surface area contributed by atoms with Gasteiger partial charge in [-0.25, -0.2) is 0 Å². The summed E-state index contributed by atoms with van der Waals surface area (Å²) in [6, 6.07) is 4.03. The van der Waals surface area contributed by atoms with Crippen molar-refractivity contribution in [3.8, 4) is 0 Å². The van der Waals surface area contributed by atoms with Gasteiger partial charge in [0.05, 0.1) is 6.10 Å². The van der Waals surface area contributed by atoms with Crippen molar-refractivity contribution < 1.29 is 5.11 Å². The van der Waals surface area contributed by atoms with Gasteiger partial charge in [-0.1, -0.05) is 13.0 Å². The van der Waals surface area contributed by atoms with E-state index in [0.29, 0.717) is 11.8 Å². The molecular formula is C10H13NO. The predicted octanol–water partition coefficient (Wildman–Crippen LogP) is 1.57. The molecule has 1 N–H and O–H groups in total. The lowest BCUT2D eigenvalue weighted by molar-refractivity contribution is 0.0116. The van der Waals surface area contributed by atoms with Gasteiger partial charge in [0, 0.05) is 12.4 Å². The molecule has 1 aliphatic rings. The first-order valence-electron chi connectivity index (χ1n) is 4.37. The summed E-state index contributed by atoms with van der Waals surface area (Å²) in [5.41, 5.74) is 1.26. The fourth-order valence-electron chi connectivity index (χ4n) is 1.80. The number of aliphatic hydroxyl groups excluding tert-OH is 1. The van der Waals surface area contributed by atoms with Gasteiger partial charge in [0.1, 0.15) is 0 Å². The number of pyridine rings is 1. The van der Waals surface area contributed by atoms with E-state index in [1.165, 1.54) is 5.56 Å². The quantitative estimate of drug-likeness (QED) is 0.681. The highest BCUT2D eigenvalue weighted by Gasteiger charge is 2.37. The molecular weight excluding hydrogens is 150 g/mol. The minimum Gasteiger partial charge on any atom is -0.393 e. The number of hydrogen-bond acceptors (Lipinski definition) is 2. The number of aliphatic hydroxyl groups is 1. The number of aromatic nitrogens is 1.